The summed E-state index contributed by atoms with van der Waals surface area (Å²) in [6.07, 6.45) is 12.3. The minimum absolute atomic E-state index is 0. The highest BCUT2D eigenvalue weighted by Crippen LogP contribution is 2.19. The van der Waals surface area contributed by atoms with Crippen LogP contribution >= 0.6 is 12.4 Å². The number of carbonyl (C=O) groups is 1. The largest absolute Gasteiger partial charge is 0.465 e. The van der Waals surface area contributed by atoms with Crippen LogP contribution in [0.5, 0.6) is 0 Å². The summed E-state index contributed by atoms with van der Waals surface area (Å²) < 4.78 is 5.34. The van der Waals surface area contributed by atoms with Crippen LogP contribution in [0.2, 0.25) is 0 Å². The number of carbonyl (C=O) groups excluding carboxylic acids is 1. The number of aromatic nitrogens is 1. The Labute approximate surface area is 163 Å². The molecule has 0 spiro atoms. The van der Waals surface area contributed by atoms with E-state index in [2.05, 4.69) is 11.9 Å². The van der Waals surface area contributed by atoms with Crippen molar-refractivity contribution in [1.82, 2.24) is 4.98 Å². The Morgan fingerprint density at radius 2 is 1.73 bits per heavy atom. The first kappa shape index (κ1) is 22.5. The molecule has 1 aromatic carbocycles. The molecule has 1 atom stereocenters. The maximum absolute atomic E-state index is 12.1. The Balaban J connectivity index is 0.00000338. The summed E-state index contributed by atoms with van der Waals surface area (Å²) >= 11 is 0. The van der Waals surface area contributed by atoms with Crippen molar-refractivity contribution in [3.63, 3.8) is 0 Å². The van der Waals surface area contributed by atoms with E-state index in [9.17, 15) is 4.79 Å². The SMILES string of the molecule is CCCCCCCCCCOC(=O)[C@@H](N)Cc1c[nH]c2ccccc12.Cl. The summed E-state index contributed by atoms with van der Waals surface area (Å²) in [6, 6.07) is 7.44. The number of benzene rings is 1. The molecule has 0 aliphatic heterocycles. The molecular formula is C21H33ClN2O2. The van der Waals surface area contributed by atoms with E-state index in [1.54, 1.807) is 0 Å². The van der Waals surface area contributed by atoms with Gasteiger partial charge >= 0.3 is 5.97 Å². The number of H-pyrrole nitrogens is 1. The van der Waals surface area contributed by atoms with Gasteiger partial charge in [0, 0.05) is 23.5 Å². The van der Waals surface area contributed by atoms with E-state index in [4.69, 9.17) is 10.5 Å². The molecule has 0 aliphatic rings. The van der Waals surface area contributed by atoms with Crippen LogP contribution in [0.4, 0.5) is 0 Å². The smallest absolute Gasteiger partial charge is 0.323 e. The van der Waals surface area contributed by atoms with Gasteiger partial charge in [0.25, 0.3) is 0 Å². The zero-order valence-electron chi connectivity index (χ0n) is 15.8. The lowest BCUT2D eigenvalue weighted by molar-refractivity contribution is -0.145. The first-order chi connectivity index (χ1) is 12.2. The average Bonchev–Trinajstić information content (AvgIpc) is 3.03. The van der Waals surface area contributed by atoms with Crippen molar-refractivity contribution in [2.75, 3.05) is 6.61 Å². The number of aromatic amines is 1. The van der Waals surface area contributed by atoms with Crippen LogP contribution < -0.4 is 5.73 Å². The summed E-state index contributed by atoms with van der Waals surface area (Å²) in [6.45, 7) is 2.72. The van der Waals surface area contributed by atoms with Crippen molar-refractivity contribution in [3.8, 4) is 0 Å². The zero-order chi connectivity index (χ0) is 17.9. The molecule has 2 rings (SSSR count). The van der Waals surface area contributed by atoms with Crippen LogP contribution in [0.3, 0.4) is 0 Å². The minimum atomic E-state index is -0.603. The number of nitrogens with two attached hydrogens (primary N) is 1. The molecular weight excluding hydrogens is 348 g/mol. The predicted molar refractivity (Wildman–Crippen MR) is 111 cm³/mol. The number of halogens is 1. The molecule has 0 radical (unpaired) electrons. The third-order valence-corrected chi connectivity index (χ3v) is 4.66. The summed E-state index contributed by atoms with van der Waals surface area (Å²) in [5.74, 6) is -0.298. The van der Waals surface area contributed by atoms with Gasteiger partial charge in [0.2, 0.25) is 0 Å². The number of esters is 1. The van der Waals surface area contributed by atoms with Crippen molar-refractivity contribution < 1.29 is 9.53 Å². The molecule has 0 aliphatic carbocycles. The quantitative estimate of drug-likeness (QED) is 0.395. The van der Waals surface area contributed by atoms with Gasteiger partial charge in [-0.1, -0.05) is 70.1 Å². The fourth-order valence-electron chi connectivity index (χ4n) is 3.14. The molecule has 0 unspecified atom stereocenters. The molecule has 0 amide bonds. The lowest BCUT2D eigenvalue weighted by Crippen LogP contribution is -2.34. The van der Waals surface area contributed by atoms with E-state index < -0.39 is 6.04 Å². The second-order valence-electron chi connectivity index (χ2n) is 6.81. The standard InChI is InChI=1S/C21H32N2O2.ClH/c1-2-3-4-5-6-7-8-11-14-25-21(24)19(22)15-17-16-23-20-13-10-9-12-18(17)20;/h9-10,12-13,16,19,23H,2-8,11,14-15,22H2,1H3;1H/t19-;/m0./s1. The van der Waals surface area contributed by atoms with E-state index in [-0.39, 0.29) is 18.4 Å². The molecule has 3 N–H and O–H groups in total. The lowest BCUT2D eigenvalue weighted by atomic mass is 10.1. The summed E-state index contributed by atoms with van der Waals surface area (Å²) in [5, 5.41) is 1.12. The van der Waals surface area contributed by atoms with Crippen molar-refractivity contribution in [1.29, 1.82) is 0 Å². The van der Waals surface area contributed by atoms with E-state index in [1.807, 2.05) is 30.5 Å². The van der Waals surface area contributed by atoms with Gasteiger partial charge in [-0.25, -0.2) is 0 Å². The lowest BCUT2D eigenvalue weighted by Gasteiger charge is -2.11. The number of hydrogen-bond donors (Lipinski definition) is 2. The number of unbranched alkanes of at least 4 members (excludes halogenated alkanes) is 7. The molecule has 1 aromatic heterocycles. The Morgan fingerprint density at radius 1 is 1.08 bits per heavy atom. The third-order valence-electron chi connectivity index (χ3n) is 4.66. The summed E-state index contributed by atoms with van der Waals surface area (Å²) in [7, 11) is 0. The number of fused-ring (bicyclic) bond motifs is 1. The normalized spacial score (nSPS) is 11.9. The highest BCUT2D eigenvalue weighted by atomic mass is 35.5. The van der Waals surface area contributed by atoms with E-state index in [1.165, 1.54) is 38.5 Å². The number of hydrogen-bond acceptors (Lipinski definition) is 3. The van der Waals surface area contributed by atoms with Crippen LogP contribution in [0.25, 0.3) is 10.9 Å². The van der Waals surface area contributed by atoms with Crippen LogP contribution in [0.15, 0.2) is 30.5 Å². The maximum atomic E-state index is 12.1. The highest BCUT2D eigenvalue weighted by molar-refractivity contribution is 5.85. The Kier molecular flexibility index (Phi) is 11.1. The summed E-state index contributed by atoms with van der Waals surface area (Å²) in [4.78, 5) is 15.3. The molecule has 26 heavy (non-hydrogen) atoms. The van der Waals surface area contributed by atoms with E-state index in [0.717, 1.165) is 29.3 Å². The van der Waals surface area contributed by atoms with Crippen molar-refractivity contribution in [2.45, 2.75) is 70.8 Å². The number of ether oxygens (including phenoxy) is 1. The van der Waals surface area contributed by atoms with Crippen LogP contribution in [0.1, 0.15) is 63.9 Å². The van der Waals surface area contributed by atoms with Gasteiger partial charge in [-0.2, -0.15) is 0 Å². The molecule has 1 heterocycles. The van der Waals surface area contributed by atoms with Gasteiger partial charge < -0.3 is 15.5 Å². The monoisotopic (exact) mass is 380 g/mol. The number of rotatable bonds is 12. The van der Waals surface area contributed by atoms with Gasteiger partial charge in [-0.3, -0.25) is 4.79 Å². The van der Waals surface area contributed by atoms with Gasteiger partial charge in [0.1, 0.15) is 6.04 Å². The van der Waals surface area contributed by atoms with Crippen LogP contribution in [-0.2, 0) is 16.0 Å². The molecule has 0 bridgehead atoms. The Hall–Kier alpha value is -1.52. The molecule has 146 valence electrons. The first-order valence-corrected chi connectivity index (χ1v) is 9.69. The molecule has 0 saturated carbocycles. The van der Waals surface area contributed by atoms with Crippen molar-refractivity contribution >= 4 is 29.3 Å². The first-order valence-electron chi connectivity index (χ1n) is 9.69. The van der Waals surface area contributed by atoms with Crippen LogP contribution in [0, 0.1) is 0 Å². The Morgan fingerprint density at radius 3 is 2.46 bits per heavy atom. The van der Waals surface area contributed by atoms with Gasteiger partial charge in [-0.05, 0) is 18.1 Å². The van der Waals surface area contributed by atoms with Crippen LogP contribution in [-0.4, -0.2) is 23.6 Å². The number of para-hydroxylation sites is 1. The third kappa shape index (κ3) is 7.38. The Bertz CT molecular complexity index is 642. The second-order valence-corrected chi connectivity index (χ2v) is 6.81. The van der Waals surface area contributed by atoms with Crippen molar-refractivity contribution in [2.24, 2.45) is 5.73 Å². The molecule has 2 aromatic rings. The molecule has 4 nitrogen and oxygen atoms in total. The highest BCUT2D eigenvalue weighted by Gasteiger charge is 2.17. The predicted octanol–water partition coefficient (Wildman–Crippen LogP) is 5.14. The zero-order valence-corrected chi connectivity index (χ0v) is 16.7. The summed E-state index contributed by atoms with van der Waals surface area (Å²) in [5.41, 5.74) is 8.15. The fraction of sp³-hybridized carbons (Fsp3) is 0.571. The molecule has 5 heteroatoms. The van der Waals surface area contributed by atoms with Crippen molar-refractivity contribution in [3.05, 3.63) is 36.0 Å². The van der Waals surface area contributed by atoms with Gasteiger partial charge in [-0.15, -0.1) is 12.4 Å². The molecule has 0 fully saturated rings. The number of nitrogens with one attached hydrogen (secondary N) is 1. The van der Waals surface area contributed by atoms with Gasteiger partial charge in [0.15, 0.2) is 0 Å². The second kappa shape index (κ2) is 12.8. The van der Waals surface area contributed by atoms with E-state index in [0.29, 0.717) is 13.0 Å². The van der Waals surface area contributed by atoms with E-state index >= 15 is 0 Å². The maximum Gasteiger partial charge on any atom is 0.323 e. The minimum Gasteiger partial charge on any atom is -0.465 e. The molecule has 0 saturated heterocycles. The fourth-order valence-corrected chi connectivity index (χ4v) is 3.14. The average molecular weight is 381 g/mol. The van der Waals surface area contributed by atoms with Gasteiger partial charge in [0.05, 0.1) is 6.61 Å². The topological polar surface area (TPSA) is 68.1 Å².